The number of carbonyl (C=O) groups is 2. The third-order valence-electron chi connectivity index (χ3n) is 7.44. The van der Waals surface area contributed by atoms with Gasteiger partial charge in [-0.15, -0.1) is 0 Å². The summed E-state index contributed by atoms with van der Waals surface area (Å²) < 4.78 is 51.6. The molecule has 0 saturated heterocycles. The number of nitrogens with zero attached hydrogens (tertiary/aromatic N) is 3. The standard InChI is InChI=1S/C26H38FN6O9P/c1-16(22(35)41-17-10-6-4-7-11-17)32-43(38,42-18-12-8-5-9-13-18)40-14-26(27,39-3)23(36)25(2,37)33-15-29-19-20(33)30-24(28)31-21(19)34/h5,8-9,12-13,15-17,19-20,23,36-37H,4,6-7,10-11,14H2,1-3H3,(H,32,38)(H3,28,30,31,34)/t16?,19?,20?,23-,25+,26+,43?/m0/s1. The Morgan fingerprint density at radius 1 is 1.30 bits per heavy atom. The van der Waals surface area contributed by atoms with Crippen LogP contribution in [0.15, 0.2) is 40.3 Å². The zero-order valence-electron chi connectivity index (χ0n) is 24.1. The van der Waals surface area contributed by atoms with Crippen LogP contribution in [0.5, 0.6) is 5.75 Å². The van der Waals surface area contributed by atoms with Crippen LogP contribution in [0.25, 0.3) is 0 Å². The Balaban J connectivity index is 1.51. The zero-order chi connectivity index (χ0) is 31.4. The highest BCUT2D eigenvalue weighted by Gasteiger charge is 2.57. The fourth-order valence-corrected chi connectivity index (χ4v) is 6.46. The first kappa shape index (κ1) is 32.8. The van der Waals surface area contributed by atoms with Gasteiger partial charge in [-0.05, 0) is 51.7 Å². The summed E-state index contributed by atoms with van der Waals surface area (Å²) in [6.45, 7) is 1.19. The lowest BCUT2D eigenvalue weighted by atomic mass is 9.98. The molecule has 1 aromatic carbocycles. The van der Waals surface area contributed by atoms with Gasteiger partial charge in [-0.3, -0.25) is 24.4 Å². The summed E-state index contributed by atoms with van der Waals surface area (Å²) in [6.07, 6.45) is 1.50. The molecule has 0 aromatic heterocycles. The van der Waals surface area contributed by atoms with Crippen molar-refractivity contribution in [1.82, 2.24) is 15.3 Å². The van der Waals surface area contributed by atoms with Gasteiger partial charge in [0.1, 0.15) is 24.5 Å². The third-order valence-corrected chi connectivity index (χ3v) is 9.06. The molecule has 7 atom stereocenters. The second-order valence-electron chi connectivity index (χ2n) is 10.7. The molecule has 1 aliphatic carbocycles. The summed E-state index contributed by atoms with van der Waals surface area (Å²) in [4.78, 5) is 34.0. The average molecular weight is 629 g/mol. The Morgan fingerprint density at radius 2 is 1.98 bits per heavy atom. The number of methoxy groups -OCH3 is 1. The molecule has 0 spiro atoms. The largest absolute Gasteiger partial charge is 0.461 e. The maximum absolute atomic E-state index is 16.3. The number of fused-ring (bicyclic) bond motifs is 1. The molecule has 0 bridgehead atoms. The number of hydrogen-bond donors (Lipinski definition) is 5. The number of nitrogens with one attached hydrogen (secondary N) is 2. The van der Waals surface area contributed by atoms with Gasteiger partial charge >= 0.3 is 13.7 Å². The minimum absolute atomic E-state index is 0.0750. The van der Waals surface area contributed by atoms with Crippen LogP contribution < -0.4 is 20.7 Å². The van der Waals surface area contributed by atoms with E-state index in [0.29, 0.717) is 0 Å². The summed E-state index contributed by atoms with van der Waals surface area (Å²) in [5.74, 6) is -4.71. The number of para-hydroxylation sites is 1. The molecule has 0 radical (unpaired) electrons. The van der Waals surface area contributed by atoms with Gasteiger partial charge in [-0.1, -0.05) is 24.6 Å². The fourth-order valence-electron chi connectivity index (χ4n) is 4.96. The number of carbonyl (C=O) groups excluding carboxylic acids is 2. The lowest BCUT2D eigenvalue weighted by molar-refractivity contribution is -0.276. The van der Waals surface area contributed by atoms with Crippen LogP contribution in [0.1, 0.15) is 46.0 Å². The number of ether oxygens (including phenoxy) is 2. The number of hydrogen-bond acceptors (Lipinski definition) is 13. The van der Waals surface area contributed by atoms with Gasteiger partial charge < -0.3 is 34.8 Å². The normalized spacial score (nSPS) is 26.1. The molecule has 1 fully saturated rings. The predicted octanol–water partition coefficient (Wildman–Crippen LogP) is 0.909. The first-order valence-electron chi connectivity index (χ1n) is 13.9. The molecule has 17 heteroatoms. The number of nitrogens with two attached hydrogens (primary N) is 1. The van der Waals surface area contributed by atoms with Gasteiger partial charge in [0, 0.05) is 7.11 Å². The SMILES string of the molecule is CO[C@](F)(COP(=O)(NC(C)C(=O)OC1CCCCC1)Oc1ccccc1)[C@@H](O)[C@@](C)(O)N1C=NC2C(=O)NC(N)=NC21. The number of esters is 1. The highest BCUT2D eigenvalue weighted by molar-refractivity contribution is 7.52. The number of aliphatic hydroxyl groups excluding tert-OH is 1. The van der Waals surface area contributed by atoms with Crippen molar-refractivity contribution in [1.29, 1.82) is 0 Å². The van der Waals surface area contributed by atoms with Gasteiger partial charge in [0.05, 0.1) is 6.34 Å². The second kappa shape index (κ2) is 13.2. The van der Waals surface area contributed by atoms with E-state index in [1.165, 1.54) is 19.1 Å². The van der Waals surface area contributed by atoms with Crippen LogP contribution >= 0.6 is 7.75 Å². The molecular weight excluding hydrogens is 590 g/mol. The lowest BCUT2D eigenvalue weighted by Crippen LogP contribution is -2.66. The monoisotopic (exact) mass is 628 g/mol. The molecule has 43 heavy (non-hydrogen) atoms. The van der Waals surface area contributed by atoms with Crippen LogP contribution in [0, 0.1) is 0 Å². The van der Waals surface area contributed by atoms with E-state index in [0.717, 1.165) is 57.4 Å². The number of alkyl halides is 1. The molecule has 238 valence electrons. The molecule has 15 nitrogen and oxygen atoms in total. The zero-order valence-corrected chi connectivity index (χ0v) is 25.0. The molecular formula is C26H38FN6O9P. The molecule has 1 aromatic rings. The Hall–Kier alpha value is -3.14. The average Bonchev–Trinajstić information content (AvgIpc) is 3.42. The number of rotatable bonds is 13. The summed E-state index contributed by atoms with van der Waals surface area (Å²) >= 11 is 0. The maximum Gasteiger partial charge on any atom is 0.459 e. The molecule has 4 unspecified atom stereocenters. The summed E-state index contributed by atoms with van der Waals surface area (Å²) in [5, 5.41) is 27.1. The molecule has 2 heterocycles. The second-order valence-corrected chi connectivity index (χ2v) is 12.4. The number of halogens is 1. The third kappa shape index (κ3) is 7.51. The Morgan fingerprint density at radius 3 is 2.63 bits per heavy atom. The molecule has 6 N–H and O–H groups in total. The Bertz CT molecular complexity index is 1260. The maximum atomic E-state index is 16.3. The fraction of sp³-hybridized carbons (Fsp3) is 0.615. The van der Waals surface area contributed by atoms with E-state index in [1.54, 1.807) is 18.2 Å². The van der Waals surface area contributed by atoms with E-state index in [-0.39, 0.29) is 17.8 Å². The highest BCUT2D eigenvalue weighted by atomic mass is 31.2. The van der Waals surface area contributed by atoms with Crippen molar-refractivity contribution >= 4 is 31.9 Å². The quantitative estimate of drug-likeness (QED) is 0.153. The number of aliphatic hydroxyl groups is 2. The van der Waals surface area contributed by atoms with E-state index >= 15 is 4.39 Å². The van der Waals surface area contributed by atoms with Crippen LogP contribution in [-0.2, 0) is 28.2 Å². The van der Waals surface area contributed by atoms with E-state index < -0.39 is 62.2 Å². The van der Waals surface area contributed by atoms with Gasteiger partial charge in [0.15, 0.2) is 30.0 Å². The molecule has 3 aliphatic rings. The first-order chi connectivity index (χ1) is 20.3. The number of guanidine groups is 1. The van der Waals surface area contributed by atoms with Crippen molar-refractivity contribution in [2.24, 2.45) is 15.7 Å². The molecule has 1 amide bonds. The van der Waals surface area contributed by atoms with Gasteiger partial charge in [0.25, 0.3) is 11.8 Å². The van der Waals surface area contributed by atoms with Gasteiger partial charge in [-0.2, -0.15) is 5.09 Å². The smallest absolute Gasteiger partial charge is 0.459 e. The van der Waals surface area contributed by atoms with Crippen molar-refractivity contribution in [3.63, 3.8) is 0 Å². The minimum atomic E-state index is -4.57. The van der Waals surface area contributed by atoms with E-state index in [9.17, 15) is 24.4 Å². The highest BCUT2D eigenvalue weighted by Crippen LogP contribution is 2.47. The minimum Gasteiger partial charge on any atom is -0.461 e. The van der Waals surface area contributed by atoms with E-state index in [4.69, 9.17) is 24.3 Å². The van der Waals surface area contributed by atoms with Crippen LogP contribution in [-0.4, -0.2) is 95.0 Å². The number of benzene rings is 1. The van der Waals surface area contributed by atoms with Gasteiger partial charge in [0.2, 0.25) is 0 Å². The molecule has 1 saturated carbocycles. The summed E-state index contributed by atoms with van der Waals surface area (Å²) in [7, 11) is -3.67. The van der Waals surface area contributed by atoms with Gasteiger partial charge in [-0.25, -0.2) is 13.9 Å². The van der Waals surface area contributed by atoms with Crippen LogP contribution in [0.2, 0.25) is 0 Å². The van der Waals surface area contributed by atoms with Crippen molar-refractivity contribution in [3.8, 4) is 5.75 Å². The van der Waals surface area contributed by atoms with E-state index in [2.05, 4.69) is 20.4 Å². The predicted molar refractivity (Wildman–Crippen MR) is 151 cm³/mol. The summed E-state index contributed by atoms with van der Waals surface area (Å²) in [5.41, 5.74) is 3.13. The Kier molecular flexibility index (Phi) is 10.1. The Labute approximate surface area is 248 Å². The lowest BCUT2D eigenvalue weighted by Gasteiger charge is -2.44. The molecule has 2 aliphatic heterocycles. The number of aliphatic imine (C=N–C) groups is 2. The van der Waals surface area contributed by atoms with Crippen molar-refractivity contribution < 1.29 is 47.3 Å². The first-order valence-corrected chi connectivity index (χ1v) is 15.4. The van der Waals surface area contributed by atoms with Crippen LogP contribution in [0.3, 0.4) is 0 Å². The van der Waals surface area contributed by atoms with Crippen LogP contribution in [0.4, 0.5) is 4.39 Å². The van der Waals surface area contributed by atoms with Crippen molar-refractivity contribution in [2.45, 2.75) is 88.0 Å². The number of amides is 1. The summed E-state index contributed by atoms with van der Waals surface area (Å²) in [6, 6.07) is 5.51. The molecule has 4 rings (SSSR count). The van der Waals surface area contributed by atoms with Crippen molar-refractivity contribution in [2.75, 3.05) is 13.7 Å². The van der Waals surface area contributed by atoms with Crippen molar-refractivity contribution in [3.05, 3.63) is 30.3 Å². The van der Waals surface area contributed by atoms with E-state index in [1.807, 2.05) is 0 Å². The topological polar surface area (TPSA) is 207 Å².